The van der Waals surface area contributed by atoms with Gasteiger partial charge >= 0.3 is 0 Å². The third-order valence-electron chi connectivity index (χ3n) is 2.49. The van der Waals surface area contributed by atoms with Crippen molar-refractivity contribution in [3.05, 3.63) is 23.0 Å². The van der Waals surface area contributed by atoms with Crippen LogP contribution in [0.25, 0.3) is 11.0 Å². The maximum absolute atomic E-state index is 5.69. The second kappa shape index (κ2) is 3.31. The number of hydrogen-bond donors (Lipinski definition) is 0. The Bertz CT molecular complexity index is 529. The van der Waals surface area contributed by atoms with Crippen molar-refractivity contribution in [2.24, 2.45) is 0 Å². The summed E-state index contributed by atoms with van der Waals surface area (Å²) in [5, 5.41) is 8.01. The molecule has 76 valence electrons. The lowest BCUT2D eigenvalue weighted by Crippen LogP contribution is -2.09. The van der Waals surface area contributed by atoms with E-state index in [0.717, 1.165) is 41.8 Å². The molecule has 2 heterocycles. The number of hydrogen-bond acceptors (Lipinski definition) is 4. The normalized spacial score (nSPS) is 14.7. The maximum Gasteiger partial charge on any atom is 0.243 e. The SMILES string of the molecule is Clc1nnc2c3c(ccc2n1)OCCC3. The van der Waals surface area contributed by atoms with Crippen LogP contribution in [0.15, 0.2) is 12.1 Å². The predicted molar refractivity (Wildman–Crippen MR) is 56.2 cm³/mol. The Morgan fingerprint density at radius 2 is 2.20 bits per heavy atom. The minimum absolute atomic E-state index is 0.180. The van der Waals surface area contributed by atoms with Crippen LogP contribution in [0.5, 0.6) is 5.75 Å². The van der Waals surface area contributed by atoms with Gasteiger partial charge in [-0.15, -0.1) is 10.2 Å². The zero-order valence-electron chi connectivity index (χ0n) is 7.90. The standard InChI is InChI=1S/C10H8ClN3O/c11-10-12-7-3-4-8-6(2-1-5-15-8)9(7)13-14-10/h3-4H,1-2,5H2. The summed E-state index contributed by atoms with van der Waals surface area (Å²) in [6.07, 6.45) is 1.97. The molecule has 1 aliphatic rings. The molecule has 0 radical (unpaired) electrons. The first-order chi connectivity index (χ1) is 7.34. The van der Waals surface area contributed by atoms with E-state index >= 15 is 0 Å². The first kappa shape index (κ1) is 8.85. The van der Waals surface area contributed by atoms with Crippen molar-refractivity contribution in [3.8, 4) is 5.75 Å². The molecule has 5 heteroatoms. The van der Waals surface area contributed by atoms with Crippen LogP contribution in [0, 0.1) is 0 Å². The van der Waals surface area contributed by atoms with Crippen LogP contribution in [-0.2, 0) is 6.42 Å². The molecule has 1 aliphatic heterocycles. The quantitative estimate of drug-likeness (QED) is 0.683. The number of rotatable bonds is 0. The van der Waals surface area contributed by atoms with Gasteiger partial charge in [0.1, 0.15) is 11.3 Å². The van der Waals surface area contributed by atoms with Gasteiger partial charge in [-0.05, 0) is 36.6 Å². The van der Waals surface area contributed by atoms with E-state index in [2.05, 4.69) is 15.2 Å². The van der Waals surface area contributed by atoms with Gasteiger partial charge in [0.15, 0.2) is 0 Å². The molecule has 0 N–H and O–H groups in total. The molecule has 3 rings (SSSR count). The fourth-order valence-electron chi connectivity index (χ4n) is 1.83. The van der Waals surface area contributed by atoms with E-state index in [-0.39, 0.29) is 5.28 Å². The van der Waals surface area contributed by atoms with E-state index in [0.29, 0.717) is 0 Å². The van der Waals surface area contributed by atoms with E-state index in [1.807, 2.05) is 12.1 Å². The van der Waals surface area contributed by atoms with Gasteiger partial charge in [-0.1, -0.05) is 0 Å². The van der Waals surface area contributed by atoms with Crippen LogP contribution in [0.3, 0.4) is 0 Å². The highest BCUT2D eigenvalue weighted by Gasteiger charge is 2.15. The van der Waals surface area contributed by atoms with Crippen LogP contribution < -0.4 is 4.74 Å². The van der Waals surface area contributed by atoms with Gasteiger partial charge in [-0.25, -0.2) is 4.98 Å². The average molecular weight is 222 g/mol. The predicted octanol–water partition coefficient (Wildman–Crippen LogP) is 2.00. The van der Waals surface area contributed by atoms with Crippen LogP contribution in [0.2, 0.25) is 5.28 Å². The Hall–Kier alpha value is -1.42. The van der Waals surface area contributed by atoms with Crippen molar-refractivity contribution >= 4 is 22.6 Å². The van der Waals surface area contributed by atoms with E-state index in [1.54, 1.807) is 0 Å². The monoisotopic (exact) mass is 221 g/mol. The van der Waals surface area contributed by atoms with Gasteiger partial charge in [0.2, 0.25) is 5.28 Å². The molecule has 2 aromatic rings. The van der Waals surface area contributed by atoms with Crippen molar-refractivity contribution < 1.29 is 4.74 Å². The molecule has 0 bridgehead atoms. The lowest BCUT2D eigenvalue weighted by molar-refractivity contribution is 0.289. The topological polar surface area (TPSA) is 47.9 Å². The fourth-order valence-corrected chi connectivity index (χ4v) is 1.96. The van der Waals surface area contributed by atoms with Gasteiger partial charge < -0.3 is 4.74 Å². The van der Waals surface area contributed by atoms with Crippen LogP contribution in [0.1, 0.15) is 12.0 Å². The number of aryl methyl sites for hydroxylation is 1. The number of nitrogens with zero attached hydrogens (tertiary/aromatic N) is 3. The number of ether oxygens (including phenoxy) is 1. The lowest BCUT2D eigenvalue weighted by atomic mass is 10.0. The first-order valence-electron chi connectivity index (χ1n) is 4.79. The molecule has 0 saturated carbocycles. The van der Waals surface area contributed by atoms with Gasteiger partial charge in [-0.2, -0.15) is 0 Å². The molecule has 0 saturated heterocycles. The van der Waals surface area contributed by atoms with Crippen molar-refractivity contribution in [3.63, 3.8) is 0 Å². The van der Waals surface area contributed by atoms with Gasteiger partial charge in [-0.3, -0.25) is 0 Å². The summed E-state index contributed by atoms with van der Waals surface area (Å²) in [4.78, 5) is 4.12. The summed E-state index contributed by atoms with van der Waals surface area (Å²) in [5.74, 6) is 0.896. The highest BCUT2D eigenvalue weighted by molar-refractivity contribution is 6.28. The third kappa shape index (κ3) is 1.41. The maximum atomic E-state index is 5.69. The summed E-state index contributed by atoms with van der Waals surface area (Å²) in [6.45, 7) is 0.771. The van der Waals surface area contributed by atoms with E-state index < -0.39 is 0 Å². The summed E-state index contributed by atoms with van der Waals surface area (Å²) >= 11 is 5.69. The molecule has 0 unspecified atom stereocenters. The zero-order chi connectivity index (χ0) is 10.3. The lowest BCUT2D eigenvalue weighted by Gasteiger charge is -2.17. The number of halogens is 1. The second-order valence-electron chi connectivity index (χ2n) is 3.44. The number of fused-ring (bicyclic) bond motifs is 3. The minimum Gasteiger partial charge on any atom is -0.493 e. The smallest absolute Gasteiger partial charge is 0.243 e. The van der Waals surface area contributed by atoms with Gasteiger partial charge in [0.05, 0.1) is 12.1 Å². The third-order valence-corrected chi connectivity index (χ3v) is 2.65. The Labute approximate surface area is 91.2 Å². The van der Waals surface area contributed by atoms with Crippen LogP contribution in [-0.4, -0.2) is 21.8 Å². The van der Waals surface area contributed by atoms with Crippen molar-refractivity contribution in [2.75, 3.05) is 6.61 Å². The molecule has 0 aliphatic carbocycles. The number of benzene rings is 1. The molecule has 1 aromatic carbocycles. The molecular formula is C10H8ClN3O. The Morgan fingerprint density at radius 3 is 3.13 bits per heavy atom. The molecule has 0 atom stereocenters. The molecule has 15 heavy (non-hydrogen) atoms. The fraction of sp³-hybridized carbons (Fsp3) is 0.300. The molecule has 0 spiro atoms. The first-order valence-corrected chi connectivity index (χ1v) is 5.17. The second-order valence-corrected chi connectivity index (χ2v) is 3.78. The Balaban J connectivity index is 2.32. The molecule has 0 amide bonds. The van der Waals surface area contributed by atoms with Crippen molar-refractivity contribution in [1.82, 2.24) is 15.2 Å². The molecular weight excluding hydrogens is 214 g/mol. The number of aromatic nitrogens is 3. The van der Waals surface area contributed by atoms with Crippen LogP contribution >= 0.6 is 11.6 Å². The van der Waals surface area contributed by atoms with Gasteiger partial charge in [0, 0.05) is 5.56 Å². The summed E-state index contributed by atoms with van der Waals surface area (Å²) in [6, 6.07) is 3.78. The summed E-state index contributed by atoms with van der Waals surface area (Å²) < 4.78 is 5.53. The largest absolute Gasteiger partial charge is 0.493 e. The van der Waals surface area contributed by atoms with E-state index in [9.17, 15) is 0 Å². The summed E-state index contributed by atoms with van der Waals surface area (Å²) in [5.41, 5.74) is 2.67. The average Bonchev–Trinajstić information content (AvgIpc) is 2.28. The molecule has 4 nitrogen and oxygen atoms in total. The highest BCUT2D eigenvalue weighted by Crippen LogP contribution is 2.29. The van der Waals surface area contributed by atoms with Crippen LogP contribution in [0.4, 0.5) is 0 Å². The van der Waals surface area contributed by atoms with Crippen molar-refractivity contribution in [2.45, 2.75) is 12.8 Å². The molecule has 0 fully saturated rings. The zero-order valence-corrected chi connectivity index (χ0v) is 8.66. The highest BCUT2D eigenvalue weighted by atomic mass is 35.5. The van der Waals surface area contributed by atoms with Gasteiger partial charge in [0.25, 0.3) is 0 Å². The minimum atomic E-state index is 0.180. The van der Waals surface area contributed by atoms with E-state index in [1.165, 1.54) is 0 Å². The Kier molecular flexibility index (Phi) is 1.95. The van der Waals surface area contributed by atoms with Crippen molar-refractivity contribution in [1.29, 1.82) is 0 Å². The molecule has 1 aromatic heterocycles. The van der Waals surface area contributed by atoms with E-state index in [4.69, 9.17) is 16.3 Å². The summed E-state index contributed by atoms with van der Waals surface area (Å²) in [7, 11) is 0. The Morgan fingerprint density at radius 1 is 1.27 bits per heavy atom.